The molecule has 0 radical (unpaired) electrons. The number of nitrogens with one attached hydrogen (secondary N) is 1. The molecule has 0 fully saturated rings. The van der Waals surface area contributed by atoms with Crippen molar-refractivity contribution in [1.29, 1.82) is 0 Å². The van der Waals surface area contributed by atoms with Gasteiger partial charge in [-0.15, -0.1) is 0 Å². The summed E-state index contributed by atoms with van der Waals surface area (Å²) in [6, 6.07) is -0.651. The minimum atomic E-state index is -0.873. The lowest BCUT2D eigenvalue weighted by atomic mass is 10.0. The summed E-state index contributed by atoms with van der Waals surface area (Å²) in [5, 5.41) is 23.1. The van der Waals surface area contributed by atoms with E-state index in [1.165, 1.54) is 148 Å². The van der Waals surface area contributed by atoms with E-state index in [1.54, 1.807) is 6.08 Å². The molecule has 0 saturated carbocycles. The molecule has 57 heavy (non-hydrogen) atoms. The van der Waals surface area contributed by atoms with Crippen molar-refractivity contribution in [2.45, 2.75) is 251 Å². The fourth-order valence-corrected chi connectivity index (χ4v) is 7.19. The average Bonchev–Trinajstić information content (AvgIpc) is 3.22. The van der Waals surface area contributed by atoms with Crippen molar-refractivity contribution in [3.8, 4) is 0 Å². The van der Waals surface area contributed by atoms with Gasteiger partial charge in [0, 0.05) is 6.42 Å². The molecule has 330 valence electrons. The van der Waals surface area contributed by atoms with Crippen molar-refractivity contribution in [3.63, 3.8) is 0 Å². The molecule has 0 rings (SSSR count). The monoisotopic (exact) mass is 794 g/mol. The Hall–Kier alpha value is -2.17. The topological polar surface area (TPSA) is 69.6 Å². The lowest BCUT2D eigenvalue weighted by Gasteiger charge is -2.19. The highest BCUT2D eigenvalue weighted by molar-refractivity contribution is 5.76. The summed E-state index contributed by atoms with van der Waals surface area (Å²) < 4.78 is 0. The number of aliphatic hydroxyl groups excluding tert-OH is 2. The largest absolute Gasteiger partial charge is 0.394 e. The van der Waals surface area contributed by atoms with Crippen LogP contribution in [0.5, 0.6) is 0 Å². The summed E-state index contributed by atoms with van der Waals surface area (Å²) in [5.41, 5.74) is 0. The van der Waals surface area contributed by atoms with Crippen molar-refractivity contribution >= 4 is 5.91 Å². The fourth-order valence-electron chi connectivity index (χ4n) is 7.19. The van der Waals surface area contributed by atoms with Crippen molar-refractivity contribution in [1.82, 2.24) is 5.32 Å². The highest BCUT2D eigenvalue weighted by atomic mass is 16.3. The van der Waals surface area contributed by atoms with Crippen LogP contribution >= 0.6 is 0 Å². The second-order valence-electron chi connectivity index (χ2n) is 16.5. The molecule has 0 saturated heterocycles. The Morgan fingerprint density at radius 2 is 0.789 bits per heavy atom. The van der Waals surface area contributed by atoms with Crippen LogP contribution in [-0.4, -0.2) is 34.9 Å². The summed E-state index contributed by atoms with van der Waals surface area (Å²) >= 11 is 0. The van der Waals surface area contributed by atoms with E-state index in [1.807, 2.05) is 6.08 Å². The molecule has 0 heterocycles. The van der Waals surface area contributed by atoms with Crippen LogP contribution in [0.25, 0.3) is 0 Å². The molecular formula is C53H95NO3. The van der Waals surface area contributed by atoms with Gasteiger partial charge in [0.15, 0.2) is 0 Å². The molecule has 0 aliphatic carbocycles. The third-order valence-corrected chi connectivity index (χ3v) is 10.9. The lowest BCUT2D eigenvalue weighted by Crippen LogP contribution is -2.45. The molecular weight excluding hydrogens is 699 g/mol. The van der Waals surface area contributed by atoms with E-state index in [0.717, 1.165) is 70.6 Å². The van der Waals surface area contributed by atoms with Crippen molar-refractivity contribution in [3.05, 3.63) is 72.9 Å². The zero-order chi connectivity index (χ0) is 41.4. The first kappa shape index (κ1) is 54.8. The third-order valence-electron chi connectivity index (χ3n) is 10.9. The summed E-state index contributed by atoms with van der Waals surface area (Å²) in [4.78, 5) is 12.4. The molecule has 2 atom stereocenters. The van der Waals surface area contributed by atoms with Crippen LogP contribution in [0.2, 0.25) is 0 Å². The molecule has 4 heteroatoms. The zero-order valence-corrected chi connectivity index (χ0v) is 37.8. The Labute approximate surface area is 355 Å². The number of rotatable bonds is 44. The summed E-state index contributed by atoms with van der Waals surface area (Å²) in [5.74, 6) is -0.0891. The molecule has 2 unspecified atom stereocenters. The molecule has 4 nitrogen and oxygen atoms in total. The first-order valence-corrected chi connectivity index (χ1v) is 24.7. The van der Waals surface area contributed by atoms with Gasteiger partial charge in [0.1, 0.15) is 0 Å². The molecule has 0 aromatic rings. The van der Waals surface area contributed by atoms with E-state index in [2.05, 4.69) is 79.9 Å². The second-order valence-corrected chi connectivity index (χ2v) is 16.5. The molecule has 0 aromatic carbocycles. The van der Waals surface area contributed by atoms with Gasteiger partial charge in [-0.05, 0) is 70.6 Å². The average molecular weight is 794 g/mol. The Balaban J connectivity index is 3.60. The first-order valence-electron chi connectivity index (χ1n) is 24.7. The number of amides is 1. The first-order chi connectivity index (χ1) is 28.2. The van der Waals surface area contributed by atoms with E-state index in [0.29, 0.717) is 6.42 Å². The number of allylic oxidation sites excluding steroid dienone is 11. The Kier molecular flexibility index (Phi) is 46.4. The SMILES string of the molecule is CC/C=C\C/C=C\C/C=C\C/C=C\CCCCCCCCC(=O)NC(CO)C(O)/C=C/CC/C=C/CCCCCCCCCCCCCCCCCCCCCC. The van der Waals surface area contributed by atoms with Crippen LogP contribution in [0.4, 0.5) is 0 Å². The van der Waals surface area contributed by atoms with Crippen LogP contribution in [0.15, 0.2) is 72.9 Å². The zero-order valence-electron chi connectivity index (χ0n) is 37.8. The Morgan fingerprint density at radius 1 is 0.439 bits per heavy atom. The number of unbranched alkanes of at least 4 members (excludes halogenated alkanes) is 27. The highest BCUT2D eigenvalue weighted by Crippen LogP contribution is 2.15. The van der Waals surface area contributed by atoms with E-state index in [4.69, 9.17) is 0 Å². The van der Waals surface area contributed by atoms with E-state index in [9.17, 15) is 15.0 Å². The van der Waals surface area contributed by atoms with Gasteiger partial charge in [-0.25, -0.2) is 0 Å². The summed E-state index contributed by atoms with van der Waals surface area (Å²) in [6.07, 6.45) is 68.9. The van der Waals surface area contributed by atoms with Gasteiger partial charge < -0.3 is 15.5 Å². The molecule has 3 N–H and O–H groups in total. The summed E-state index contributed by atoms with van der Waals surface area (Å²) in [7, 11) is 0. The van der Waals surface area contributed by atoms with Crippen LogP contribution in [0.1, 0.15) is 239 Å². The molecule has 1 amide bonds. The van der Waals surface area contributed by atoms with Crippen LogP contribution in [0, 0.1) is 0 Å². The number of aliphatic hydroxyl groups is 2. The van der Waals surface area contributed by atoms with Crippen LogP contribution < -0.4 is 5.32 Å². The summed E-state index contributed by atoms with van der Waals surface area (Å²) in [6.45, 7) is 4.19. The van der Waals surface area contributed by atoms with Crippen molar-refractivity contribution in [2.75, 3.05) is 6.61 Å². The maximum absolute atomic E-state index is 12.4. The highest BCUT2D eigenvalue weighted by Gasteiger charge is 2.17. The van der Waals surface area contributed by atoms with Crippen LogP contribution in [-0.2, 0) is 4.79 Å². The van der Waals surface area contributed by atoms with Gasteiger partial charge >= 0.3 is 0 Å². The van der Waals surface area contributed by atoms with Crippen molar-refractivity contribution in [2.24, 2.45) is 0 Å². The normalized spacial score (nSPS) is 13.5. The molecule has 0 spiro atoms. The van der Waals surface area contributed by atoms with Gasteiger partial charge in [-0.3, -0.25) is 4.79 Å². The second kappa shape index (κ2) is 48.2. The predicted octanol–water partition coefficient (Wildman–Crippen LogP) is 15.9. The van der Waals surface area contributed by atoms with Gasteiger partial charge in [-0.1, -0.05) is 234 Å². The maximum atomic E-state index is 12.4. The van der Waals surface area contributed by atoms with Gasteiger partial charge in [-0.2, -0.15) is 0 Å². The van der Waals surface area contributed by atoms with E-state index < -0.39 is 12.1 Å². The number of hydrogen-bond acceptors (Lipinski definition) is 3. The van der Waals surface area contributed by atoms with Crippen molar-refractivity contribution < 1.29 is 15.0 Å². The number of carbonyl (C=O) groups is 1. The predicted molar refractivity (Wildman–Crippen MR) is 253 cm³/mol. The Bertz CT molecular complexity index is 992. The molecule has 0 aliphatic rings. The van der Waals surface area contributed by atoms with Crippen LogP contribution in [0.3, 0.4) is 0 Å². The molecule has 0 aromatic heterocycles. The minimum absolute atomic E-state index is 0.0891. The number of carbonyl (C=O) groups excluding carboxylic acids is 1. The molecule has 0 bridgehead atoms. The lowest BCUT2D eigenvalue weighted by molar-refractivity contribution is -0.123. The van der Waals surface area contributed by atoms with Gasteiger partial charge in [0.25, 0.3) is 0 Å². The molecule has 0 aliphatic heterocycles. The van der Waals surface area contributed by atoms with Gasteiger partial charge in [0.2, 0.25) is 5.91 Å². The van der Waals surface area contributed by atoms with E-state index in [-0.39, 0.29) is 12.5 Å². The number of hydrogen-bond donors (Lipinski definition) is 3. The third kappa shape index (κ3) is 44.8. The van der Waals surface area contributed by atoms with Gasteiger partial charge in [0.05, 0.1) is 18.8 Å². The quantitative estimate of drug-likeness (QED) is 0.0425. The minimum Gasteiger partial charge on any atom is -0.394 e. The fraction of sp³-hybridized carbons (Fsp3) is 0.755. The Morgan fingerprint density at radius 3 is 1.23 bits per heavy atom. The smallest absolute Gasteiger partial charge is 0.220 e. The maximum Gasteiger partial charge on any atom is 0.220 e. The van der Waals surface area contributed by atoms with E-state index >= 15 is 0 Å². The standard InChI is InChI=1S/C53H95NO3/c1-3-5-7-9-11-13-15-17-19-21-23-24-25-26-27-28-29-31-32-34-36-38-40-42-44-46-48-52(56)51(50-55)54-53(57)49-47-45-43-41-39-37-35-33-30-22-20-18-16-14-12-10-8-6-4-2/h6,8,12,14,18,20,30,33,38,40,46,48,51-52,55-56H,3-5,7,9-11,13,15-17,19,21-29,31-32,34-37,39,41-45,47,49-50H2,1-2H3,(H,54,57)/b8-6-,14-12-,20-18-,33-30-,40-38+,48-46+.